The first-order valence-corrected chi connectivity index (χ1v) is 10.0. The van der Waals surface area contributed by atoms with E-state index in [0.717, 1.165) is 30.5 Å². The molecule has 2 N–H and O–H groups in total. The highest BCUT2D eigenvalue weighted by molar-refractivity contribution is 6.06. The third-order valence-corrected chi connectivity index (χ3v) is 5.43. The Kier molecular flexibility index (Phi) is 5.71. The van der Waals surface area contributed by atoms with Gasteiger partial charge < -0.3 is 19.9 Å². The van der Waals surface area contributed by atoms with Gasteiger partial charge in [0.1, 0.15) is 5.56 Å². The molecule has 1 aromatic carbocycles. The van der Waals surface area contributed by atoms with Crippen LogP contribution in [0.3, 0.4) is 0 Å². The molecule has 0 unspecified atom stereocenters. The zero-order valence-corrected chi connectivity index (χ0v) is 17.2. The number of carbonyl (C=O) groups is 2. The molecule has 30 heavy (non-hydrogen) atoms. The zero-order valence-electron chi connectivity index (χ0n) is 17.2. The SMILES string of the molecule is COc1nn(C)cc1C(=O)N1CCN(CCNC(=O)c2c[nH]c3ccccc23)CC1. The highest BCUT2D eigenvalue weighted by Gasteiger charge is 2.26. The van der Waals surface area contributed by atoms with Crippen LogP contribution in [0.15, 0.2) is 36.7 Å². The van der Waals surface area contributed by atoms with Gasteiger partial charge in [-0.3, -0.25) is 19.2 Å². The minimum absolute atomic E-state index is 0.0627. The van der Waals surface area contributed by atoms with Gasteiger partial charge in [-0.2, -0.15) is 0 Å². The second kappa shape index (κ2) is 8.58. The van der Waals surface area contributed by atoms with Crippen LogP contribution in [0.2, 0.25) is 0 Å². The van der Waals surface area contributed by atoms with Crippen LogP contribution < -0.4 is 10.1 Å². The van der Waals surface area contributed by atoms with Gasteiger partial charge in [0.2, 0.25) is 5.88 Å². The van der Waals surface area contributed by atoms with Crippen molar-refractivity contribution in [1.29, 1.82) is 0 Å². The molecule has 1 fully saturated rings. The molecule has 2 aromatic heterocycles. The maximum absolute atomic E-state index is 12.8. The highest BCUT2D eigenvalue weighted by atomic mass is 16.5. The van der Waals surface area contributed by atoms with E-state index >= 15 is 0 Å². The average molecular weight is 410 g/mol. The predicted octanol–water partition coefficient (Wildman–Crippen LogP) is 1.10. The summed E-state index contributed by atoms with van der Waals surface area (Å²) < 4.78 is 6.78. The van der Waals surface area contributed by atoms with E-state index in [-0.39, 0.29) is 11.8 Å². The molecule has 4 rings (SSSR count). The molecular weight excluding hydrogens is 384 g/mol. The van der Waals surface area contributed by atoms with Gasteiger partial charge in [0.05, 0.1) is 12.7 Å². The fourth-order valence-corrected chi connectivity index (χ4v) is 3.79. The van der Waals surface area contributed by atoms with E-state index in [0.29, 0.717) is 36.6 Å². The van der Waals surface area contributed by atoms with Crippen molar-refractivity contribution >= 4 is 22.7 Å². The van der Waals surface area contributed by atoms with E-state index in [1.54, 1.807) is 24.1 Å². The first-order valence-electron chi connectivity index (χ1n) is 10.0. The number of nitrogens with zero attached hydrogens (tertiary/aromatic N) is 4. The van der Waals surface area contributed by atoms with Gasteiger partial charge in [-0.05, 0) is 6.07 Å². The standard InChI is InChI=1S/C21H26N6O3/c1-25-14-17(20(24-25)30-2)21(29)27-11-9-26(10-12-27)8-7-22-19(28)16-13-23-18-6-4-3-5-15(16)18/h3-6,13-14,23H,7-12H2,1-2H3,(H,22,28). The number of para-hydroxylation sites is 1. The number of methoxy groups -OCH3 is 1. The fraction of sp³-hybridized carbons (Fsp3) is 0.381. The van der Waals surface area contributed by atoms with E-state index < -0.39 is 0 Å². The zero-order chi connectivity index (χ0) is 21.1. The second-order valence-electron chi connectivity index (χ2n) is 7.36. The van der Waals surface area contributed by atoms with Crippen molar-refractivity contribution in [2.45, 2.75) is 0 Å². The van der Waals surface area contributed by atoms with Gasteiger partial charge in [-0.1, -0.05) is 18.2 Å². The number of fused-ring (bicyclic) bond motifs is 1. The molecule has 1 saturated heterocycles. The third kappa shape index (κ3) is 4.02. The summed E-state index contributed by atoms with van der Waals surface area (Å²) in [5.41, 5.74) is 2.10. The monoisotopic (exact) mass is 410 g/mol. The van der Waals surface area contributed by atoms with Crippen molar-refractivity contribution < 1.29 is 14.3 Å². The predicted molar refractivity (Wildman–Crippen MR) is 113 cm³/mol. The van der Waals surface area contributed by atoms with E-state index in [9.17, 15) is 9.59 Å². The lowest BCUT2D eigenvalue weighted by molar-refractivity contribution is 0.0635. The Hall–Kier alpha value is -3.33. The normalized spacial score (nSPS) is 14.8. The van der Waals surface area contributed by atoms with Crippen LogP contribution in [0, 0.1) is 0 Å². The van der Waals surface area contributed by atoms with Gasteiger partial charge in [0.15, 0.2) is 0 Å². The van der Waals surface area contributed by atoms with Gasteiger partial charge in [-0.15, -0.1) is 5.10 Å². The Labute approximate surface area is 174 Å². The number of piperazine rings is 1. The van der Waals surface area contributed by atoms with Crippen molar-refractivity contribution in [3.05, 3.63) is 47.8 Å². The Morgan fingerprint density at radius 1 is 1.17 bits per heavy atom. The Morgan fingerprint density at radius 3 is 2.70 bits per heavy atom. The van der Waals surface area contributed by atoms with Crippen molar-refractivity contribution in [1.82, 2.24) is 29.9 Å². The number of benzene rings is 1. The molecule has 9 nitrogen and oxygen atoms in total. The maximum Gasteiger partial charge on any atom is 0.261 e. The molecule has 0 bridgehead atoms. The summed E-state index contributed by atoms with van der Waals surface area (Å²) >= 11 is 0. The molecule has 9 heteroatoms. The number of hydrogen-bond donors (Lipinski definition) is 2. The van der Waals surface area contributed by atoms with E-state index in [1.165, 1.54) is 7.11 Å². The summed E-state index contributed by atoms with van der Waals surface area (Å²) in [5.74, 6) is 0.210. The Balaban J connectivity index is 1.25. The molecule has 0 radical (unpaired) electrons. The first-order chi connectivity index (χ1) is 14.6. The van der Waals surface area contributed by atoms with Gasteiger partial charge in [0, 0.05) is 69.6 Å². The lowest BCUT2D eigenvalue weighted by atomic mass is 10.1. The number of rotatable bonds is 6. The van der Waals surface area contributed by atoms with Crippen molar-refractivity contribution in [3.63, 3.8) is 0 Å². The molecule has 3 aromatic rings. The molecule has 0 saturated carbocycles. The third-order valence-electron chi connectivity index (χ3n) is 5.43. The number of aromatic nitrogens is 3. The van der Waals surface area contributed by atoms with Gasteiger partial charge >= 0.3 is 0 Å². The number of ether oxygens (including phenoxy) is 1. The number of hydrogen-bond acceptors (Lipinski definition) is 5. The molecular formula is C21H26N6O3. The topological polar surface area (TPSA) is 95.5 Å². The number of aromatic amines is 1. The molecule has 158 valence electrons. The summed E-state index contributed by atoms with van der Waals surface area (Å²) in [5, 5.41) is 8.07. The Morgan fingerprint density at radius 2 is 1.93 bits per heavy atom. The van der Waals surface area contributed by atoms with Gasteiger partial charge in [-0.25, -0.2) is 0 Å². The smallest absolute Gasteiger partial charge is 0.261 e. The van der Waals surface area contributed by atoms with Gasteiger partial charge in [0.25, 0.3) is 11.8 Å². The molecule has 2 amide bonds. The van der Waals surface area contributed by atoms with Crippen LogP contribution >= 0.6 is 0 Å². The molecule has 0 spiro atoms. The number of aryl methyl sites for hydroxylation is 1. The summed E-state index contributed by atoms with van der Waals surface area (Å²) in [6, 6.07) is 7.76. The first kappa shape index (κ1) is 20.0. The quantitative estimate of drug-likeness (QED) is 0.635. The number of carbonyl (C=O) groups excluding carboxylic acids is 2. The number of H-pyrrole nitrogens is 1. The Bertz CT molecular complexity index is 1050. The molecule has 0 atom stereocenters. The molecule has 1 aliphatic rings. The maximum atomic E-state index is 12.8. The number of nitrogens with one attached hydrogen (secondary N) is 2. The van der Waals surface area contributed by atoms with Crippen molar-refractivity contribution in [3.8, 4) is 5.88 Å². The van der Waals surface area contributed by atoms with Crippen LogP contribution in [-0.2, 0) is 7.05 Å². The minimum atomic E-state index is -0.0788. The minimum Gasteiger partial charge on any atom is -0.479 e. The lowest BCUT2D eigenvalue weighted by Crippen LogP contribution is -2.50. The summed E-state index contributed by atoms with van der Waals surface area (Å²) in [6.45, 7) is 4.09. The van der Waals surface area contributed by atoms with Crippen molar-refractivity contribution in [2.24, 2.45) is 7.05 Å². The number of amides is 2. The fourth-order valence-electron chi connectivity index (χ4n) is 3.79. The lowest BCUT2D eigenvalue weighted by Gasteiger charge is -2.34. The average Bonchev–Trinajstić information content (AvgIpc) is 3.37. The second-order valence-corrected chi connectivity index (χ2v) is 7.36. The van der Waals surface area contributed by atoms with E-state index in [4.69, 9.17) is 4.74 Å². The van der Waals surface area contributed by atoms with Crippen LogP contribution in [0.1, 0.15) is 20.7 Å². The summed E-state index contributed by atoms with van der Waals surface area (Å²) in [4.78, 5) is 32.4. The van der Waals surface area contributed by atoms with Crippen LogP contribution in [0.4, 0.5) is 0 Å². The van der Waals surface area contributed by atoms with Crippen LogP contribution in [0.5, 0.6) is 5.88 Å². The molecule has 1 aliphatic heterocycles. The van der Waals surface area contributed by atoms with Crippen LogP contribution in [-0.4, -0.2) is 82.8 Å². The van der Waals surface area contributed by atoms with E-state index in [2.05, 4.69) is 20.3 Å². The summed E-state index contributed by atoms with van der Waals surface area (Å²) in [6.07, 6.45) is 3.44. The van der Waals surface area contributed by atoms with E-state index in [1.807, 2.05) is 29.2 Å². The van der Waals surface area contributed by atoms with Crippen molar-refractivity contribution in [2.75, 3.05) is 46.4 Å². The van der Waals surface area contributed by atoms with Crippen LogP contribution in [0.25, 0.3) is 10.9 Å². The highest BCUT2D eigenvalue weighted by Crippen LogP contribution is 2.19. The summed E-state index contributed by atoms with van der Waals surface area (Å²) in [7, 11) is 3.28. The molecule has 3 heterocycles. The largest absolute Gasteiger partial charge is 0.479 e. The molecule has 0 aliphatic carbocycles.